The number of rotatable bonds is 1. The van der Waals surface area contributed by atoms with Crippen LogP contribution >= 0.6 is 34.2 Å². The molecule has 0 atom stereocenters. The first-order valence-corrected chi connectivity index (χ1v) is 4.36. The molecule has 0 aliphatic carbocycles. The summed E-state index contributed by atoms with van der Waals surface area (Å²) in [5, 5.41) is 8.50. The maximum Gasteiger partial charge on any atom is 0.336 e. The van der Waals surface area contributed by atoms with Gasteiger partial charge in [-0.2, -0.15) is 0 Å². The Labute approximate surface area is 86.5 Å². The van der Waals surface area contributed by atoms with Gasteiger partial charge in [-0.1, -0.05) is 11.6 Å². The van der Waals surface area contributed by atoms with Gasteiger partial charge in [0, 0.05) is 3.57 Å². The molecule has 0 saturated heterocycles. The second kappa shape index (κ2) is 3.57. The quantitative estimate of drug-likeness (QED) is 0.639. The summed E-state index contributed by atoms with van der Waals surface area (Å²) in [5.41, 5.74) is -0.0718. The van der Waals surface area contributed by atoms with Crippen molar-refractivity contribution in [2.45, 2.75) is 0 Å². The zero-order valence-corrected chi connectivity index (χ0v) is 8.56. The molecular formula is C7H3ClFIO2. The monoisotopic (exact) mass is 300 g/mol. The summed E-state index contributed by atoms with van der Waals surface area (Å²) in [6.45, 7) is 0. The van der Waals surface area contributed by atoms with Crippen LogP contribution in [0.3, 0.4) is 0 Å². The SMILES string of the molecule is O=C(O)c1cc(F)c(Cl)cc1I. The molecule has 5 heteroatoms. The molecule has 1 aromatic rings. The van der Waals surface area contributed by atoms with Crippen LogP contribution in [0.1, 0.15) is 10.4 Å². The zero-order chi connectivity index (χ0) is 9.30. The summed E-state index contributed by atoms with van der Waals surface area (Å²) in [5.74, 6) is -1.87. The molecule has 0 aliphatic rings. The van der Waals surface area contributed by atoms with E-state index < -0.39 is 11.8 Å². The molecule has 0 aromatic heterocycles. The standard InChI is InChI=1S/C7H3ClFIO2/c8-4-2-6(10)3(7(11)12)1-5(4)9/h1-2H,(H,11,12). The molecule has 0 bridgehead atoms. The lowest BCUT2D eigenvalue weighted by atomic mass is 10.2. The molecule has 0 unspecified atom stereocenters. The van der Waals surface area contributed by atoms with Crippen molar-refractivity contribution >= 4 is 40.2 Å². The van der Waals surface area contributed by atoms with Crippen LogP contribution in [0.25, 0.3) is 0 Å². The number of carboxylic acids is 1. The van der Waals surface area contributed by atoms with Gasteiger partial charge in [0.25, 0.3) is 0 Å². The predicted molar refractivity (Wildman–Crippen MR) is 51.1 cm³/mol. The van der Waals surface area contributed by atoms with Crippen molar-refractivity contribution in [1.29, 1.82) is 0 Å². The van der Waals surface area contributed by atoms with Crippen molar-refractivity contribution in [1.82, 2.24) is 0 Å². The first-order valence-electron chi connectivity index (χ1n) is 2.90. The molecule has 1 N–H and O–H groups in total. The minimum atomic E-state index is -1.16. The van der Waals surface area contributed by atoms with E-state index in [4.69, 9.17) is 16.7 Å². The number of aromatic carboxylic acids is 1. The number of halogens is 3. The fraction of sp³-hybridized carbons (Fsp3) is 0. The van der Waals surface area contributed by atoms with E-state index in [2.05, 4.69) is 0 Å². The Morgan fingerprint density at radius 2 is 2.17 bits per heavy atom. The number of hydrogen-bond acceptors (Lipinski definition) is 1. The summed E-state index contributed by atoms with van der Waals surface area (Å²) in [6.07, 6.45) is 0. The third-order valence-corrected chi connectivity index (χ3v) is 2.42. The highest BCUT2D eigenvalue weighted by Crippen LogP contribution is 2.21. The molecule has 1 aromatic carbocycles. The maximum absolute atomic E-state index is 12.7. The molecule has 0 amide bonds. The summed E-state index contributed by atoms with van der Waals surface area (Å²) >= 11 is 7.20. The summed E-state index contributed by atoms with van der Waals surface area (Å²) in [6, 6.07) is 2.19. The van der Waals surface area contributed by atoms with Crippen LogP contribution in [0.5, 0.6) is 0 Å². The molecular weight excluding hydrogens is 297 g/mol. The van der Waals surface area contributed by atoms with Crippen LogP contribution in [0.4, 0.5) is 4.39 Å². The van der Waals surface area contributed by atoms with Crippen LogP contribution in [0, 0.1) is 9.39 Å². The number of hydrogen-bond donors (Lipinski definition) is 1. The van der Waals surface area contributed by atoms with Crippen molar-refractivity contribution < 1.29 is 14.3 Å². The van der Waals surface area contributed by atoms with Crippen LogP contribution in [0.15, 0.2) is 12.1 Å². The van der Waals surface area contributed by atoms with Crippen molar-refractivity contribution in [3.8, 4) is 0 Å². The molecule has 0 fully saturated rings. The fourth-order valence-corrected chi connectivity index (χ4v) is 1.73. The van der Waals surface area contributed by atoms with Crippen molar-refractivity contribution in [2.24, 2.45) is 0 Å². The van der Waals surface area contributed by atoms with Crippen LogP contribution in [0.2, 0.25) is 5.02 Å². The zero-order valence-electron chi connectivity index (χ0n) is 5.64. The molecule has 12 heavy (non-hydrogen) atoms. The van der Waals surface area contributed by atoms with Crippen molar-refractivity contribution in [2.75, 3.05) is 0 Å². The van der Waals surface area contributed by atoms with Gasteiger partial charge < -0.3 is 5.11 Å². The molecule has 0 saturated carbocycles. The predicted octanol–water partition coefficient (Wildman–Crippen LogP) is 2.78. The summed E-state index contributed by atoms with van der Waals surface area (Å²) in [7, 11) is 0. The van der Waals surface area contributed by atoms with Crippen molar-refractivity contribution in [3.63, 3.8) is 0 Å². The highest BCUT2D eigenvalue weighted by Gasteiger charge is 2.11. The normalized spacial score (nSPS) is 9.92. The van der Waals surface area contributed by atoms with Crippen LogP contribution in [-0.4, -0.2) is 11.1 Å². The molecule has 0 radical (unpaired) electrons. The Morgan fingerprint density at radius 3 is 2.67 bits per heavy atom. The van der Waals surface area contributed by atoms with Gasteiger partial charge in [-0.25, -0.2) is 9.18 Å². The lowest BCUT2D eigenvalue weighted by Gasteiger charge is -1.99. The van der Waals surface area contributed by atoms with Gasteiger partial charge in [-0.3, -0.25) is 0 Å². The van der Waals surface area contributed by atoms with Gasteiger partial charge >= 0.3 is 5.97 Å². The van der Waals surface area contributed by atoms with Gasteiger partial charge in [0.1, 0.15) is 5.82 Å². The lowest BCUT2D eigenvalue weighted by Crippen LogP contribution is -2.00. The number of carboxylic acid groups (broad SMARTS) is 1. The van der Waals surface area contributed by atoms with E-state index in [1.165, 1.54) is 6.07 Å². The van der Waals surface area contributed by atoms with Gasteiger partial charge in [0.05, 0.1) is 10.6 Å². The smallest absolute Gasteiger partial charge is 0.336 e. The highest BCUT2D eigenvalue weighted by atomic mass is 127. The van der Waals surface area contributed by atoms with Gasteiger partial charge in [0.2, 0.25) is 0 Å². The van der Waals surface area contributed by atoms with Gasteiger partial charge in [-0.05, 0) is 34.7 Å². The van der Waals surface area contributed by atoms with Gasteiger partial charge in [0.15, 0.2) is 0 Å². The van der Waals surface area contributed by atoms with E-state index in [9.17, 15) is 9.18 Å². The molecule has 2 nitrogen and oxygen atoms in total. The van der Waals surface area contributed by atoms with Crippen molar-refractivity contribution in [3.05, 3.63) is 32.1 Å². The molecule has 0 heterocycles. The van der Waals surface area contributed by atoms with E-state index in [1.807, 2.05) is 0 Å². The third-order valence-electron chi connectivity index (χ3n) is 1.24. The van der Waals surface area contributed by atoms with E-state index in [-0.39, 0.29) is 10.6 Å². The molecule has 0 spiro atoms. The maximum atomic E-state index is 12.7. The van der Waals surface area contributed by atoms with E-state index >= 15 is 0 Å². The second-order valence-electron chi connectivity index (χ2n) is 2.05. The number of benzene rings is 1. The Bertz CT molecular complexity index is 340. The summed E-state index contributed by atoms with van der Waals surface area (Å²) in [4.78, 5) is 10.5. The number of carbonyl (C=O) groups is 1. The minimum Gasteiger partial charge on any atom is -0.478 e. The van der Waals surface area contributed by atoms with E-state index in [0.717, 1.165) is 6.07 Å². The Kier molecular flexibility index (Phi) is 2.89. The van der Waals surface area contributed by atoms with Gasteiger partial charge in [-0.15, -0.1) is 0 Å². The van der Waals surface area contributed by atoms with E-state index in [0.29, 0.717) is 3.57 Å². The highest BCUT2D eigenvalue weighted by molar-refractivity contribution is 14.1. The largest absolute Gasteiger partial charge is 0.478 e. The Hall–Kier alpha value is -0.360. The average Bonchev–Trinajstić information content (AvgIpc) is 1.96. The minimum absolute atomic E-state index is 0.0654. The Balaban J connectivity index is 3.33. The lowest BCUT2D eigenvalue weighted by molar-refractivity contribution is 0.0695. The van der Waals surface area contributed by atoms with Crippen LogP contribution in [-0.2, 0) is 0 Å². The average molecular weight is 300 g/mol. The molecule has 64 valence electrons. The molecule has 0 aliphatic heterocycles. The Morgan fingerprint density at radius 1 is 1.58 bits per heavy atom. The summed E-state index contributed by atoms with van der Waals surface area (Å²) < 4.78 is 13.1. The van der Waals surface area contributed by atoms with Crippen LogP contribution < -0.4 is 0 Å². The molecule has 1 rings (SSSR count). The van der Waals surface area contributed by atoms with E-state index in [1.54, 1.807) is 22.6 Å². The first-order chi connectivity index (χ1) is 5.52. The third kappa shape index (κ3) is 1.87. The second-order valence-corrected chi connectivity index (χ2v) is 3.62. The topological polar surface area (TPSA) is 37.3 Å². The first kappa shape index (κ1) is 9.73. The fourth-order valence-electron chi connectivity index (χ4n) is 0.686.